The Morgan fingerprint density at radius 2 is 1.70 bits per heavy atom. The first-order chi connectivity index (χ1) is 17.5. The molecular weight excluding hydrogens is 495 g/mol. The van der Waals surface area contributed by atoms with Gasteiger partial charge in [-0.3, -0.25) is 9.59 Å². The van der Waals surface area contributed by atoms with Crippen LogP contribution in [-0.4, -0.2) is 46.1 Å². The van der Waals surface area contributed by atoms with Crippen LogP contribution >= 0.6 is 0 Å². The normalized spacial score (nSPS) is 12.3. The standard InChI is InChI=1S/C25H26F3N3O6/c1-15(2)20(29-18-10-6-16(7-11-18)21(32)4-3-5-22(33)34)14-35-24-31-30-23(36-24)17-8-12-19(13-9-17)37-25(26,27)28/h6-13,15,20,29H,3-5,14H2,1-2H3,(H,33,34)/t20-/m1/s1. The van der Waals surface area contributed by atoms with Crippen LogP contribution < -0.4 is 14.8 Å². The number of ketones is 1. The number of carbonyl (C=O) groups excluding carboxylic acids is 1. The fourth-order valence-electron chi connectivity index (χ4n) is 3.26. The molecule has 198 valence electrons. The molecule has 1 heterocycles. The number of alkyl halides is 3. The molecule has 0 fully saturated rings. The Hall–Kier alpha value is -4.09. The second-order valence-electron chi connectivity index (χ2n) is 8.50. The van der Waals surface area contributed by atoms with Crippen molar-refractivity contribution in [2.24, 2.45) is 5.92 Å². The maximum Gasteiger partial charge on any atom is 0.573 e. The van der Waals surface area contributed by atoms with Gasteiger partial charge in [-0.1, -0.05) is 18.9 Å². The lowest BCUT2D eigenvalue weighted by atomic mass is 10.0. The van der Waals surface area contributed by atoms with E-state index in [2.05, 4.69) is 20.3 Å². The summed E-state index contributed by atoms with van der Waals surface area (Å²) >= 11 is 0. The van der Waals surface area contributed by atoms with Crippen LogP contribution in [-0.2, 0) is 4.79 Å². The fourth-order valence-corrected chi connectivity index (χ4v) is 3.26. The summed E-state index contributed by atoms with van der Waals surface area (Å²) in [5.74, 6) is -1.20. The second-order valence-corrected chi connectivity index (χ2v) is 8.50. The minimum Gasteiger partial charge on any atom is -0.481 e. The van der Waals surface area contributed by atoms with Crippen LogP contribution in [0.5, 0.6) is 11.8 Å². The molecule has 0 aliphatic rings. The van der Waals surface area contributed by atoms with E-state index in [4.69, 9.17) is 14.3 Å². The Morgan fingerprint density at radius 1 is 1.03 bits per heavy atom. The number of aliphatic carboxylic acids is 1. The van der Waals surface area contributed by atoms with Gasteiger partial charge in [0.05, 0.1) is 6.04 Å². The number of benzene rings is 2. The highest BCUT2D eigenvalue weighted by Gasteiger charge is 2.31. The summed E-state index contributed by atoms with van der Waals surface area (Å²) in [6.07, 6.45) is -4.47. The van der Waals surface area contributed by atoms with Gasteiger partial charge in [-0.05, 0) is 60.9 Å². The molecule has 1 atom stereocenters. The van der Waals surface area contributed by atoms with Crippen LogP contribution in [0.3, 0.4) is 0 Å². The zero-order valence-electron chi connectivity index (χ0n) is 20.1. The Kier molecular flexibility index (Phi) is 9.10. The van der Waals surface area contributed by atoms with Crippen molar-refractivity contribution in [3.63, 3.8) is 0 Å². The summed E-state index contributed by atoms with van der Waals surface area (Å²) in [4.78, 5) is 22.8. The smallest absolute Gasteiger partial charge is 0.481 e. The summed E-state index contributed by atoms with van der Waals surface area (Å²) in [6, 6.07) is 11.7. The number of hydrogen-bond donors (Lipinski definition) is 2. The number of ether oxygens (including phenoxy) is 2. The molecule has 0 bridgehead atoms. The minimum absolute atomic E-state index is 0.0494. The van der Waals surface area contributed by atoms with Gasteiger partial charge in [0.15, 0.2) is 5.78 Å². The molecule has 2 aromatic carbocycles. The Morgan fingerprint density at radius 3 is 2.30 bits per heavy atom. The molecule has 0 saturated carbocycles. The molecule has 12 heteroatoms. The van der Waals surface area contributed by atoms with Gasteiger partial charge in [-0.15, -0.1) is 18.3 Å². The average Bonchev–Trinajstić information content (AvgIpc) is 3.30. The molecule has 9 nitrogen and oxygen atoms in total. The summed E-state index contributed by atoms with van der Waals surface area (Å²) in [5.41, 5.74) is 1.66. The molecule has 0 aliphatic heterocycles. The number of carboxylic acid groups (broad SMARTS) is 1. The lowest BCUT2D eigenvalue weighted by molar-refractivity contribution is -0.274. The van der Waals surface area contributed by atoms with Crippen molar-refractivity contribution in [3.05, 3.63) is 54.1 Å². The van der Waals surface area contributed by atoms with Gasteiger partial charge in [0.25, 0.3) is 5.89 Å². The van der Waals surface area contributed by atoms with Crippen molar-refractivity contribution in [3.8, 4) is 23.3 Å². The molecule has 1 aromatic heterocycles. The third-order valence-corrected chi connectivity index (χ3v) is 5.29. The van der Waals surface area contributed by atoms with Gasteiger partial charge in [0.2, 0.25) is 0 Å². The lowest BCUT2D eigenvalue weighted by Crippen LogP contribution is -2.32. The largest absolute Gasteiger partial charge is 0.573 e. The Labute approximate surface area is 210 Å². The predicted molar refractivity (Wildman–Crippen MR) is 126 cm³/mol. The fraction of sp³-hybridized carbons (Fsp3) is 0.360. The molecule has 2 N–H and O–H groups in total. The monoisotopic (exact) mass is 521 g/mol. The Bertz CT molecular complexity index is 1180. The highest BCUT2D eigenvalue weighted by atomic mass is 19.4. The van der Waals surface area contributed by atoms with Crippen LogP contribution in [0.1, 0.15) is 43.5 Å². The van der Waals surface area contributed by atoms with E-state index in [1.165, 1.54) is 12.1 Å². The van der Waals surface area contributed by atoms with Crippen molar-refractivity contribution >= 4 is 17.4 Å². The number of Topliss-reactive ketones (excluding diaryl/α,β-unsaturated/α-hetero) is 1. The van der Waals surface area contributed by atoms with E-state index >= 15 is 0 Å². The van der Waals surface area contributed by atoms with E-state index in [1.807, 2.05) is 13.8 Å². The van der Waals surface area contributed by atoms with Crippen LogP contribution in [0.4, 0.5) is 18.9 Å². The molecule has 0 radical (unpaired) electrons. The van der Waals surface area contributed by atoms with Gasteiger partial charge in [-0.25, -0.2) is 0 Å². The predicted octanol–water partition coefficient (Wildman–Crippen LogP) is 5.59. The highest BCUT2D eigenvalue weighted by Crippen LogP contribution is 2.27. The molecule has 0 unspecified atom stereocenters. The number of anilines is 1. The van der Waals surface area contributed by atoms with E-state index in [9.17, 15) is 22.8 Å². The van der Waals surface area contributed by atoms with Crippen molar-refractivity contribution in [1.82, 2.24) is 10.2 Å². The van der Waals surface area contributed by atoms with Crippen molar-refractivity contribution in [2.75, 3.05) is 11.9 Å². The van der Waals surface area contributed by atoms with Gasteiger partial charge >= 0.3 is 18.4 Å². The first kappa shape index (κ1) is 27.5. The molecule has 0 saturated heterocycles. The van der Waals surface area contributed by atoms with E-state index in [0.717, 1.165) is 17.8 Å². The van der Waals surface area contributed by atoms with Gasteiger partial charge in [0.1, 0.15) is 12.4 Å². The molecule has 37 heavy (non-hydrogen) atoms. The van der Waals surface area contributed by atoms with E-state index < -0.39 is 12.3 Å². The molecular formula is C25H26F3N3O6. The maximum absolute atomic E-state index is 12.3. The average molecular weight is 521 g/mol. The molecule has 0 amide bonds. The summed E-state index contributed by atoms with van der Waals surface area (Å²) in [5, 5.41) is 19.7. The van der Waals surface area contributed by atoms with Crippen molar-refractivity contribution in [1.29, 1.82) is 0 Å². The number of carbonyl (C=O) groups is 2. The third kappa shape index (κ3) is 8.81. The number of carboxylic acids is 1. The topological polar surface area (TPSA) is 124 Å². The Balaban J connectivity index is 1.55. The number of nitrogens with zero attached hydrogens (tertiary/aromatic N) is 2. The van der Waals surface area contributed by atoms with Crippen molar-refractivity contribution in [2.45, 2.75) is 45.5 Å². The minimum atomic E-state index is -4.78. The quantitative estimate of drug-likeness (QED) is 0.277. The first-order valence-electron chi connectivity index (χ1n) is 11.4. The van der Waals surface area contributed by atoms with E-state index in [1.54, 1.807) is 24.3 Å². The number of nitrogens with one attached hydrogen (secondary N) is 1. The van der Waals surface area contributed by atoms with Crippen LogP contribution in [0.25, 0.3) is 11.5 Å². The maximum atomic E-state index is 12.3. The van der Waals surface area contributed by atoms with E-state index in [-0.39, 0.29) is 61.3 Å². The van der Waals surface area contributed by atoms with Crippen molar-refractivity contribution < 1.29 is 41.8 Å². The number of rotatable bonds is 13. The van der Waals surface area contributed by atoms with Crippen LogP contribution in [0, 0.1) is 5.92 Å². The summed E-state index contributed by atoms with van der Waals surface area (Å²) in [7, 11) is 0. The van der Waals surface area contributed by atoms with Gasteiger partial charge < -0.3 is 24.3 Å². The number of aromatic nitrogens is 2. The van der Waals surface area contributed by atoms with E-state index in [0.29, 0.717) is 11.1 Å². The highest BCUT2D eigenvalue weighted by molar-refractivity contribution is 5.96. The SMILES string of the molecule is CC(C)[C@@H](COc1nnc(-c2ccc(OC(F)(F)F)cc2)o1)Nc1ccc(C(=O)CCCC(=O)O)cc1. The number of halogens is 3. The third-order valence-electron chi connectivity index (χ3n) is 5.29. The van der Waals surface area contributed by atoms with Crippen LogP contribution in [0.15, 0.2) is 52.9 Å². The summed E-state index contributed by atoms with van der Waals surface area (Å²) in [6.45, 7) is 4.16. The van der Waals surface area contributed by atoms with Gasteiger partial charge in [0, 0.05) is 29.7 Å². The lowest BCUT2D eigenvalue weighted by Gasteiger charge is -2.23. The van der Waals surface area contributed by atoms with Gasteiger partial charge in [-0.2, -0.15) is 0 Å². The summed E-state index contributed by atoms with van der Waals surface area (Å²) < 4.78 is 51.9. The molecule has 0 aliphatic carbocycles. The zero-order chi connectivity index (χ0) is 27.0. The molecule has 0 spiro atoms. The molecule has 3 aromatic rings. The number of hydrogen-bond acceptors (Lipinski definition) is 8. The zero-order valence-corrected chi connectivity index (χ0v) is 20.1. The van der Waals surface area contributed by atoms with Crippen LogP contribution in [0.2, 0.25) is 0 Å². The molecule has 3 rings (SSSR count). The second kappa shape index (κ2) is 12.2. The first-order valence-corrected chi connectivity index (χ1v) is 11.4.